The number of nitrogens with one attached hydrogen (secondary N) is 1. The Labute approximate surface area is 399 Å². The van der Waals surface area contributed by atoms with Crippen LogP contribution >= 0.6 is 0 Å². The van der Waals surface area contributed by atoms with Crippen molar-refractivity contribution in [2.24, 2.45) is 22.9 Å². The van der Waals surface area contributed by atoms with E-state index in [0.29, 0.717) is 43.2 Å². The van der Waals surface area contributed by atoms with E-state index < -0.39 is 29.9 Å². The molecule has 6 rings (SSSR count). The van der Waals surface area contributed by atoms with Gasteiger partial charge in [-0.2, -0.15) is 0 Å². The molecule has 0 bridgehead atoms. The molecule has 3 N–H and O–H groups in total. The summed E-state index contributed by atoms with van der Waals surface area (Å²) < 4.78 is 26.1. The van der Waals surface area contributed by atoms with E-state index in [2.05, 4.69) is 43.1 Å². The average Bonchev–Trinajstić information content (AvgIpc) is 3.34. The lowest BCUT2D eigenvalue weighted by molar-refractivity contribution is -0.256. The molecule has 0 saturated heterocycles. The topological polar surface area (TPSA) is 148 Å². The van der Waals surface area contributed by atoms with Gasteiger partial charge in [-0.3, -0.25) is 4.90 Å². The van der Waals surface area contributed by atoms with Crippen LogP contribution < -0.4 is 14.8 Å². The molecule has 12 heteroatoms. The number of methoxy groups -OCH3 is 1. The van der Waals surface area contributed by atoms with Crippen LogP contribution in [0.3, 0.4) is 0 Å². The summed E-state index contributed by atoms with van der Waals surface area (Å²) in [7, 11) is 1.39. The molecular weight excluding hydrogens is 847 g/mol. The second-order valence-electron chi connectivity index (χ2n) is 18.4. The van der Waals surface area contributed by atoms with Crippen molar-refractivity contribution in [3.8, 4) is 11.5 Å². The maximum atomic E-state index is 14.4. The van der Waals surface area contributed by atoms with Crippen molar-refractivity contribution in [1.82, 2.24) is 10.2 Å². The number of nitrogens with zero attached hydrogens (tertiary/aromatic N) is 2. The molecule has 3 aliphatic rings. The van der Waals surface area contributed by atoms with Crippen LogP contribution in [0.2, 0.25) is 0 Å². The number of allylic oxidation sites excluding steroid dienone is 1. The van der Waals surface area contributed by atoms with Crippen LogP contribution in [-0.2, 0) is 20.9 Å². The predicted molar refractivity (Wildman–Crippen MR) is 264 cm³/mol. The molecule has 2 aliphatic carbocycles. The highest BCUT2D eigenvalue weighted by molar-refractivity contribution is 6.03. The lowest BCUT2D eigenvalue weighted by Crippen LogP contribution is -2.70. The zero-order valence-electron chi connectivity index (χ0n) is 40.4. The number of amides is 2. The van der Waals surface area contributed by atoms with E-state index in [0.717, 1.165) is 72.4 Å². The Balaban J connectivity index is 1.40. The third kappa shape index (κ3) is 13.0. The van der Waals surface area contributed by atoms with Crippen molar-refractivity contribution in [3.63, 3.8) is 0 Å². The number of carbonyl (C=O) groups is 2. The van der Waals surface area contributed by atoms with Crippen LogP contribution in [0.4, 0.5) is 9.59 Å². The number of carbonyl (C=O) groups excluding carboxylic acids is 2. The molecule has 0 spiro atoms. The SMILES string of the molecule is C=CCOC12Oc3ccc(OC(=O)NCCCCCCCCCCCC)cc3C3C(CCCCO)C(CCCCO)C=C(C(=NOCC)CC1N(Cc1cccc4ccccc14)C(=O)OC)C32. The average molecular weight is 924 g/mol. The molecular formula is C55H77N3O9. The number of benzene rings is 3. The quantitative estimate of drug-likeness (QED) is 0.0368. The Morgan fingerprint density at radius 1 is 0.896 bits per heavy atom. The number of unbranched alkanes of at least 4 members (excludes halogenated alkanes) is 11. The van der Waals surface area contributed by atoms with Gasteiger partial charge in [0.25, 0.3) is 0 Å². The number of oxime groups is 1. The molecule has 6 unspecified atom stereocenters. The van der Waals surface area contributed by atoms with Gasteiger partial charge < -0.3 is 39.3 Å². The summed E-state index contributed by atoms with van der Waals surface area (Å²) in [5, 5.41) is 29.8. The van der Waals surface area contributed by atoms with Crippen LogP contribution in [0, 0.1) is 17.8 Å². The number of aliphatic hydroxyl groups is 2. The zero-order chi connectivity index (χ0) is 47.4. The summed E-state index contributed by atoms with van der Waals surface area (Å²) in [6.07, 6.45) is 19.8. The minimum atomic E-state index is -1.47. The second-order valence-corrected chi connectivity index (χ2v) is 18.4. The summed E-state index contributed by atoms with van der Waals surface area (Å²) >= 11 is 0. The maximum absolute atomic E-state index is 14.4. The van der Waals surface area contributed by atoms with E-state index in [1.165, 1.54) is 52.1 Å². The lowest BCUT2D eigenvalue weighted by Gasteiger charge is -2.59. The number of fused-ring (bicyclic) bond motifs is 3. The normalized spacial score (nSPS) is 22.3. The van der Waals surface area contributed by atoms with E-state index in [1.807, 2.05) is 43.3 Å². The van der Waals surface area contributed by atoms with Gasteiger partial charge in [0.2, 0.25) is 5.79 Å². The Morgan fingerprint density at radius 3 is 2.33 bits per heavy atom. The number of hydrogen-bond acceptors (Lipinski definition) is 10. The van der Waals surface area contributed by atoms with Gasteiger partial charge in [-0.15, -0.1) is 6.58 Å². The van der Waals surface area contributed by atoms with E-state index in [-0.39, 0.29) is 50.5 Å². The molecule has 0 radical (unpaired) electrons. The van der Waals surface area contributed by atoms with Crippen molar-refractivity contribution < 1.29 is 43.6 Å². The molecule has 2 amide bonds. The van der Waals surface area contributed by atoms with Gasteiger partial charge in [0, 0.05) is 37.7 Å². The van der Waals surface area contributed by atoms with Gasteiger partial charge in [0.15, 0.2) is 0 Å². The van der Waals surface area contributed by atoms with Crippen molar-refractivity contribution in [3.05, 3.63) is 96.1 Å². The third-order valence-electron chi connectivity index (χ3n) is 14.0. The molecule has 3 aromatic rings. The van der Waals surface area contributed by atoms with Crippen LogP contribution in [0.1, 0.15) is 140 Å². The monoisotopic (exact) mass is 924 g/mol. The Kier molecular flexibility index (Phi) is 20.4. The maximum Gasteiger partial charge on any atom is 0.412 e. The van der Waals surface area contributed by atoms with Crippen molar-refractivity contribution >= 4 is 28.7 Å². The predicted octanol–water partition coefficient (Wildman–Crippen LogP) is 11.8. The number of aliphatic hydroxyl groups excluding tert-OH is 2. The summed E-state index contributed by atoms with van der Waals surface area (Å²) in [6, 6.07) is 19.0. The minimum absolute atomic E-state index is 0.00510. The molecule has 3 aromatic carbocycles. The summed E-state index contributed by atoms with van der Waals surface area (Å²) in [5.74, 6) is -1.26. The molecule has 1 heterocycles. The minimum Gasteiger partial charge on any atom is -0.459 e. The van der Waals surface area contributed by atoms with Gasteiger partial charge in [-0.1, -0.05) is 137 Å². The van der Waals surface area contributed by atoms with Gasteiger partial charge >= 0.3 is 12.2 Å². The first kappa shape index (κ1) is 51.5. The Morgan fingerprint density at radius 2 is 1.61 bits per heavy atom. The summed E-state index contributed by atoms with van der Waals surface area (Å²) in [6.45, 7) is 9.55. The molecule has 6 atom stereocenters. The lowest BCUT2D eigenvalue weighted by atomic mass is 9.55. The van der Waals surface area contributed by atoms with Gasteiger partial charge in [-0.25, -0.2) is 9.59 Å². The van der Waals surface area contributed by atoms with E-state index in [1.54, 1.807) is 17.0 Å². The van der Waals surface area contributed by atoms with Crippen LogP contribution in [0.25, 0.3) is 10.8 Å². The summed E-state index contributed by atoms with van der Waals surface area (Å²) in [5.41, 5.74) is 3.41. The molecule has 12 nitrogen and oxygen atoms in total. The highest BCUT2D eigenvalue weighted by Gasteiger charge is 2.65. The fraction of sp³-hybridized carbons (Fsp3) is 0.582. The standard InChI is InChI=1S/C55H77N3O9/c1-5-8-9-10-11-12-13-14-15-20-32-56-53(61)66-43-30-31-49-47(37-43)51-45(29-19-22-34-60)41(25-18-21-33-59)36-46-48(57-65-7-3)38-50(55(67-49,52(46)51)64-35-6-2)58(54(62)63-4)39-42-27-23-26-40-24-16-17-28-44(40)42/h6,16-17,23-24,26-28,30-31,36-37,41,45,50-52,59-60H,2,5,7-15,18-22,25,29,32-35,38-39H2,1,3-4H3,(H,56,61). The molecule has 67 heavy (non-hydrogen) atoms. The molecule has 0 aromatic heterocycles. The second kappa shape index (κ2) is 26.6. The highest BCUT2D eigenvalue weighted by Crippen LogP contribution is 2.62. The Hall–Kier alpha value is -4.91. The number of ether oxygens (including phenoxy) is 4. The van der Waals surface area contributed by atoms with E-state index >= 15 is 0 Å². The van der Waals surface area contributed by atoms with Gasteiger partial charge in [0.1, 0.15) is 24.1 Å². The number of hydrogen-bond donors (Lipinski definition) is 3. The molecule has 1 aliphatic heterocycles. The first-order chi connectivity index (χ1) is 32.8. The van der Waals surface area contributed by atoms with Crippen LogP contribution in [0.5, 0.6) is 11.5 Å². The zero-order valence-corrected chi connectivity index (χ0v) is 40.4. The van der Waals surface area contributed by atoms with Gasteiger partial charge in [0.05, 0.1) is 31.9 Å². The van der Waals surface area contributed by atoms with E-state index in [4.69, 9.17) is 28.9 Å². The fourth-order valence-electron chi connectivity index (χ4n) is 10.8. The van der Waals surface area contributed by atoms with Crippen LogP contribution in [-0.4, -0.2) is 84.9 Å². The fourth-order valence-corrected chi connectivity index (χ4v) is 10.8. The van der Waals surface area contributed by atoms with Gasteiger partial charge in [-0.05, 0) is 91.0 Å². The largest absolute Gasteiger partial charge is 0.459 e. The Bertz CT molecular complexity index is 2100. The first-order valence-electron chi connectivity index (χ1n) is 25.3. The molecule has 1 saturated carbocycles. The van der Waals surface area contributed by atoms with E-state index in [9.17, 15) is 19.8 Å². The summed E-state index contributed by atoms with van der Waals surface area (Å²) in [4.78, 5) is 35.4. The molecule has 1 fully saturated rings. The first-order valence-corrected chi connectivity index (χ1v) is 25.3. The third-order valence-corrected chi connectivity index (χ3v) is 14.0. The van der Waals surface area contributed by atoms with Crippen molar-refractivity contribution in [2.75, 3.05) is 40.1 Å². The van der Waals surface area contributed by atoms with Crippen molar-refractivity contribution in [2.45, 2.75) is 147 Å². The molecule has 366 valence electrons. The van der Waals surface area contributed by atoms with Crippen molar-refractivity contribution in [1.29, 1.82) is 0 Å². The van der Waals surface area contributed by atoms with Crippen LogP contribution in [0.15, 0.2) is 90.1 Å². The smallest absolute Gasteiger partial charge is 0.412 e. The number of rotatable bonds is 28. The highest BCUT2D eigenvalue weighted by atomic mass is 16.7.